The van der Waals surface area contributed by atoms with Gasteiger partial charge in [0.25, 0.3) is 0 Å². The third-order valence-corrected chi connectivity index (χ3v) is 5.09. The van der Waals surface area contributed by atoms with Crippen molar-refractivity contribution in [2.75, 3.05) is 0 Å². The number of hydrogen-bond acceptors (Lipinski definition) is 0. The molecule has 106 valence electrons. The molecule has 4 heteroatoms. The normalized spacial score (nSPS) is 12.6. The van der Waals surface area contributed by atoms with Crippen molar-refractivity contribution in [2.24, 2.45) is 0 Å². The van der Waals surface area contributed by atoms with Gasteiger partial charge in [0, 0.05) is 19.4 Å². The minimum atomic E-state index is -0.235. The Morgan fingerprint density at radius 3 is 2.10 bits per heavy atom. The van der Waals surface area contributed by atoms with Gasteiger partial charge in [-0.15, -0.1) is 11.6 Å². The van der Waals surface area contributed by atoms with E-state index in [4.69, 9.17) is 23.2 Å². The maximum Gasteiger partial charge on any atom is 0.0842 e. The predicted octanol–water partition coefficient (Wildman–Crippen LogP) is 7.35. The number of benzene rings is 3. The zero-order valence-electron chi connectivity index (χ0n) is 10.8. The Morgan fingerprint density at radius 2 is 1.43 bits per heavy atom. The van der Waals surface area contributed by atoms with Crippen molar-refractivity contribution < 1.29 is 0 Å². The maximum atomic E-state index is 6.72. The van der Waals surface area contributed by atoms with Crippen LogP contribution < -0.4 is 0 Å². The highest BCUT2D eigenvalue weighted by atomic mass is 79.9. The Bertz CT molecular complexity index is 795. The Labute approximate surface area is 150 Å². The molecule has 0 N–H and O–H groups in total. The van der Waals surface area contributed by atoms with Gasteiger partial charge >= 0.3 is 0 Å². The third-order valence-electron chi connectivity index (χ3n) is 3.36. The van der Waals surface area contributed by atoms with Crippen LogP contribution in [-0.2, 0) is 0 Å². The van der Waals surface area contributed by atoms with Crippen molar-refractivity contribution in [2.45, 2.75) is 5.38 Å². The van der Waals surface area contributed by atoms with Crippen LogP contribution in [0.2, 0.25) is 5.02 Å². The molecule has 0 saturated carbocycles. The molecule has 0 amide bonds. The Kier molecular flexibility index (Phi) is 4.60. The molecule has 0 bridgehead atoms. The van der Waals surface area contributed by atoms with E-state index in [-0.39, 0.29) is 5.38 Å². The minimum absolute atomic E-state index is 0.235. The van der Waals surface area contributed by atoms with Crippen LogP contribution in [-0.4, -0.2) is 0 Å². The molecule has 21 heavy (non-hydrogen) atoms. The molecule has 0 aliphatic carbocycles. The SMILES string of the molecule is Clc1ccc(C(Cl)c2cc(Br)cc(Br)c2)c2ccccc12. The zero-order chi connectivity index (χ0) is 15.0. The molecule has 1 atom stereocenters. The molecule has 0 saturated heterocycles. The maximum absolute atomic E-state index is 6.72. The van der Waals surface area contributed by atoms with Crippen molar-refractivity contribution in [3.05, 3.63) is 79.7 Å². The van der Waals surface area contributed by atoms with Crippen LogP contribution in [0.25, 0.3) is 10.8 Å². The molecule has 0 aliphatic heterocycles. The summed E-state index contributed by atoms with van der Waals surface area (Å²) in [6.07, 6.45) is 0. The molecule has 0 aromatic heterocycles. The number of alkyl halides is 1. The lowest BCUT2D eigenvalue weighted by atomic mass is 9.98. The highest BCUT2D eigenvalue weighted by Crippen LogP contribution is 2.38. The number of halogens is 4. The van der Waals surface area contributed by atoms with Gasteiger partial charge in [0.1, 0.15) is 0 Å². The van der Waals surface area contributed by atoms with Gasteiger partial charge in [-0.2, -0.15) is 0 Å². The topological polar surface area (TPSA) is 0 Å². The quantitative estimate of drug-likeness (QED) is 0.362. The first-order valence-corrected chi connectivity index (χ1v) is 8.73. The van der Waals surface area contributed by atoms with E-state index in [9.17, 15) is 0 Å². The van der Waals surface area contributed by atoms with Crippen LogP contribution in [0.15, 0.2) is 63.5 Å². The molecule has 0 heterocycles. The number of rotatable bonds is 2. The van der Waals surface area contributed by atoms with E-state index in [1.165, 1.54) is 0 Å². The standard InChI is InChI=1S/C17H10Br2Cl2/c18-11-7-10(8-12(19)9-11)17(21)15-5-6-16(20)14-4-2-1-3-13(14)15/h1-9,17H. The first-order chi connectivity index (χ1) is 10.1. The molecule has 1 unspecified atom stereocenters. The lowest BCUT2D eigenvalue weighted by molar-refractivity contribution is 1.15. The van der Waals surface area contributed by atoms with Gasteiger partial charge in [0.05, 0.1) is 5.38 Å². The lowest BCUT2D eigenvalue weighted by Crippen LogP contribution is -1.95. The Hall–Kier alpha value is -0.540. The van der Waals surface area contributed by atoms with E-state index in [0.29, 0.717) is 0 Å². The smallest absolute Gasteiger partial charge is 0.0842 e. The summed E-state index contributed by atoms with van der Waals surface area (Å²) in [4.78, 5) is 0. The largest absolute Gasteiger partial charge is 0.113 e. The molecular formula is C17H10Br2Cl2. The van der Waals surface area contributed by atoms with Crippen LogP contribution >= 0.6 is 55.1 Å². The average molecular weight is 445 g/mol. The van der Waals surface area contributed by atoms with E-state index < -0.39 is 0 Å². The van der Waals surface area contributed by atoms with Gasteiger partial charge in [-0.05, 0) is 40.8 Å². The monoisotopic (exact) mass is 442 g/mol. The van der Waals surface area contributed by atoms with Crippen molar-refractivity contribution in [3.63, 3.8) is 0 Å². The molecule has 0 fully saturated rings. The van der Waals surface area contributed by atoms with E-state index in [0.717, 1.165) is 35.9 Å². The van der Waals surface area contributed by atoms with E-state index in [1.807, 2.05) is 48.5 Å². The number of fused-ring (bicyclic) bond motifs is 1. The van der Waals surface area contributed by atoms with Crippen molar-refractivity contribution in [1.82, 2.24) is 0 Å². The minimum Gasteiger partial charge on any atom is -0.113 e. The van der Waals surface area contributed by atoms with Gasteiger partial charge in [0.15, 0.2) is 0 Å². The summed E-state index contributed by atoms with van der Waals surface area (Å²) in [5.74, 6) is 0. The second-order valence-corrected chi connectivity index (χ2v) is 7.42. The summed E-state index contributed by atoms with van der Waals surface area (Å²) >= 11 is 20.0. The van der Waals surface area contributed by atoms with Crippen molar-refractivity contribution >= 4 is 65.8 Å². The second kappa shape index (κ2) is 6.29. The number of hydrogen-bond donors (Lipinski definition) is 0. The van der Waals surface area contributed by atoms with E-state index in [1.54, 1.807) is 0 Å². The first kappa shape index (κ1) is 15.4. The van der Waals surface area contributed by atoms with Crippen molar-refractivity contribution in [1.29, 1.82) is 0 Å². The molecule has 0 aliphatic rings. The van der Waals surface area contributed by atoms with Gasteiger partial charge in [-0.1, -0.05) is 73.8 Å². The third kappa shape index (κ3) is 3.14. The summed E-state index contributed by atoms with van der Waals surface area (Å²) in [6, 6.07) is 18.0. The summed E-state index contributed by atoms with van der Waals surface area (Å²) in [6.45, 7) is 0. The Morgan fingerprint density at radius 1 is 0.810 bits per heavy atom. The van der Waals surface area contributed by atoms with Crippen LogP contribution in [0.1, 0.15) is 16.5 Å². The highest BCUT2D eigenvalue weighted by molar-refractivity contribution is 9.11. The molecular weight excluding hydrogens is 435 g/mol. The predicted molar refractivity (Wildman–Crippen MR) is 98.5 cm³/mol. The fraction of sp³-hybridized carbons (Fsp3) is 0.0588. The molecule has 3 aromatic carbocycles. The highest BCUT2D eigenvalue weighted by Gasteiger charge is 2.16. The fourth-order valence-corrected chi connectivity index (χ4v) is 4.28. The van der Waals surface area contributed by atoms with Crippen LogP contribution in [0.3, 0.4) is 0 Å². The van der Waals surface area contributed by atoms with Crippen LogP contribution in [0.5, 0.6) is 0 Å². The summed E-state index contributed by atoms with van der Waals surface area (Å²) in [5, 5.41) is 2.62. The fourth-order valence-electron chi connectivity index (χ4n) is 2.41. The van der Waals surface area contributed by atoms with Gasteiger partial charge in [0.2, 0.25) is 0 Å². The van der Waals surface area contributed by atoms with E-state index >= 15 is 0 Å². The summed E-state index contributed by atoms with van der Waals surface area (Å²) in [5.41, 5.74) is 2.09. The second-order valence-electron chi connectivity index (χ2n) is 4.75. The molecule has 0 nitrogen and oxygen atoms in total. The van der Waals surface area contributed by atoms with Crippen molar-refractivity contribution in [3.8, 4) is 0 Å². The lowest BCUT2D eigenvalue weighted by Gasteiger charge is -2.15. The van der Waals surface area contributed by atoms with Gasteiger partial charge < -0.3 is 0 Å². The van der Waals surface area contributed by atoms with Crippen LogP contribution in [0, 0.1) is 0 Å². The van der Waals surface area contributed by atoms with Gasteiger partial charge in [-0.25, -0.2) is 0 Å². The van der Waals surface area contributed by atoms with Crippen LogP contribution in [0.4, 0.5) is 0 Å². The molecule has 3 aromatic rings. The Balaban J connectivity index is 2.18. The van der Waals surface area contributed by atoms with E-state index in [2.05, 4.69) is 37.9 Å². The molecule has 3 rings (SSSR count). The summed E-state index contributed by atoms with van der Waals surface area (Å²) in [7, 11) is 0. The molecule has 0 radical (unpaired) electrons. The molecule has 0 spiro atoms. The average Bonchev–Trinajstić information content (AvgIpc) is 2.46. The summed E-state index contributed by atoms with van der Waals surface area (Å²) < 4.78 is 1.99. The first-order valence-electron chi connectivity index (χ1n) is 6.33. The zero-order valence-corrected chi connectivity index (χ0v) is 15.5. The van der Waals surface area contributed by atoms with Gasteiger partial charge in [-0.3, -0.25) is 0 Å².